The molecule has 0 amide bonds. The minimum Gasteiger partial charge on any atom is -0.346 e. The maximum Gasteiger partial charge on any atom is 0.184 e. The summed E-state index contributed by atoms with van der Waals surface area (Å²) < 4.78 is 10.8. The number of carbonyl (C=O) groups excluding carboxylic acids is 1. The molecule has 1 aromatic carbocycles. The summed E-state index contributed by atoms with van der Waals surface area (Å²) in [5, 5.41) is 1.99. The maximum absolute atomic E-state index is 12.1. The molecular weight excluding hydrogens is 260 g/mol. The van der Waals surface area contributed by atoms with Crippen LogP contribution in [0.25, 0.3) is 0 Å². The van der Waals surface area contributed by atoms with Gasteiger partial charge in [0.05, 0.1) is 13.2 Å². The molecule has 1 aliphatic heterocycles. The van der Waals surface area contributed by atoms with Crippen LogP contribution in [-0.4, -0.2) is 19.0 Å². The van der Waals surface area contributed by atoms with Gasteiger partial charge in [0, 0.05) is 22.4 Å². The van der Waals surface area contributed by atoms with Crippen molar-refractivity contribution in [2.45, 2.75) is 12.7 Å². The fourth-order valence-corrected chi connectivity index (χ4v) is 2.75. The lowest BCUT2D eigenvalue weighted by Gasteiger charge is -2.09. The Labute approximate surface area is 115 Å². The number of thiophene rings is 1. The zero-order chi connectivity index (χ0) is 13.1. The molecular formula is C15H14O3S. The van der Waals surface area contributed by atoms with Gasteiger partial charge >= 0.3 is 0 Å². The summed E-state index contributed by atoms with van der Waals surface area (Å²) in [4.78, 5) is 13.2. The van der Waals surface area contributed by atoms with Gasteiger partial charge in [0.15, 0.2) is 12.1 Å². The summed E-state index contributed by atoms with van der Waals surface area (Å²) in [7, 11) is 0. The molecule has 3 nitrogen and oxygen atoms in total. The Morgan fingerprint density at radius 1 is 1.16 bits per heavy atom. The lowest BCUT2D eigenvalue weighted by atomic mass is 10.1. The van der Waals surface area contributed by atoms with Crippen LogP contribution in [0, 0.1) is 0 Å². The second kappa shape index (κ2) is 5.65. The first-order chi connectivity index (χ1) is 9.33. The monoisotopic (exact) mass is 274 g/mol. The average Bonchev–Trinajstić information content (AvgIpc) is 3.12. The van der Waals surface area contributed by atoms with Crippen LogP contribution in [0.3, 0.4) is 0 Å². The molecule has 0 saturated carbocycles. The average molecular weight is 274 g/mol. The first-order valence-electron chi connectivity index (χ1n) is 6.22. The van der Waals surface area contributed by atoms with Crippen LogP contribution in [-0.2, 0) is 15.9 Å². The van der Waals surface area contributed by atoms with Crippen molar-refractivity contribution in [3.05, 3.63) is 57.8 Å². The van der Waals surface area contributed by atoms with Gasteiger partial charge in [-0.05, 0) is 11.4 Å². The van der Waals surface area contributed by atoms with Crippen LogP contribution in [0.15, 0.2) is 41.8 Å². The lowest BCUT2D eigenvalue weighted by molar-refractivity contribution is -0.0441. The number of ketones is 1. The highest BCUT2D eigenvalue weighted by Crippen LogP contribution is 2.23. The van der Waals surface area contributed by atoms with Crippen LogP contribution in [0.1, 0.15) is 27.1 Å². The molecule has 0 bridgehead atoms. The molecule has 0 spiro atoms. The van der Waals surface area contributed by atoms with E-state index in [4.69, 9.17) is 9.47 Å². The van der Waals surface area contributed by atoms with E-state index in [0.717, 1.165) is 16.0 Å². The van der Waals surface area contributed by atoms with Crippen molar-refractivity contribution >= 4 is 17.1 Å². The Balaban J connectivity index is 1.69. The zero-order valence-corrected chi connectivity index (χ0v) is 11.2. The highest BCUT2D eigenvalue weighted by atomic mass is 32.1. The van der Waals surface area contributed by atoms with Crippen LogP contribution in [0.4, 0.5) is 0 Å². The third kappa shape index (κ3) is 2.92. The summed E-state index contributed by atoms with van der Waals surface area (Å²) in [5.74, 6) is 0.141. The summed E-state index contributed by atoms with van der Waals surface area (Å²) in [6.45, 7) is 1.26. The van der Waals surface area contributed by atoms with Gasteiger partial charge in [-0.25, -0.2) is 0 Å². The van der Waals surface area contributed by atoms with E-state index in [9.17, 15) is 4.79 Å². The number of hydrogen-bond donors (Lipinski definition) is 0. The number of carbonyl (C=O) groups is 1. The van der Waals surface area contributed by atoms with Gasteiger partial charge in [0.2, 0.25) is 0 Å². The number of rotatable bonds is 4. The molecule has 0 atom stereocenters. The fraction of sp³-hybridized carbons (Fsp3) is 0.267. The van der Waals surface area contributed by atoms with Crippen molar-refractivity contribution in [3.63, 3.8) is 0 Å². The third-order valence-electron chi connectivity index (χ3n) is 3.04. The third-order valence-corrected chi connectivity index (χ3v) is 3.92. The first kappa shape index (κ1) is 12.5. The standard InChI is InChI=1S/C15H14O3S/c16-14(10-13-2-1-9-19-13)11-3-5-12(6-4-11)15-17-7-8-18-15/h1-6,9,15H,7-8,10H2. The van der Waals surface area contributed by atoms with Gasteiger partial charge in [0.25, 0.3) is 0 Å². The summed E-state index contributed by atoms with van der Waals surface area (Å²) in [6, 6.07) is 11.4. The Bertz CT molecular complexity index is 539. The zero-order valence-electron chi connectivity index (χ0n) is 10.4. The SMILES string of the molecule is O=C(Cc1cccs1)c1ccc(C2OCCO2)cc1. The molecule has 2 aromatic rings. The van der Waals surface area contributed by atoms with E-state index in [1.807, 2.05) is 41.8 Å². The second-order valence-corrected chi connectivity index (χ2v) is 5.41. The molecule has 98 valence electrons. The molecule has 4 heteroatoms. The van der Waals surface area contributed by atoms with E-state index in [1.165, 1.54) is 0 Å². The Morgan fingerprint density at radius 3 is 2.53 bits per heavy atom. The predicted octanol–water partition coefficient (Wildman–Crippen LogP) is 3.22. The number of hydrogen-bond acceptors (Lipinski definition) is 4. The molecule has 1 saturated heterocycles. The number of ether oxygens (including phenoxy) is 2. The van der Waals surface area contributed by atoms with Crippen molar-refractivity contribution < 1.29 is 14.3 Å². The minimum atomic E-state index is -0.276. The molecule has 0 N–H and O–H groups in total. The van der Waals surface area contributed by atoms with E-state index in [0.29, 0.717) is 19.6 Å². The van der Waals surface area contributed by atoms with Gasteiger partial charge in [-0.2, -0.15) is 0 Å². The summed E-state index contributed by atoms with van der Waals surface area (Å²) >= 11 is 1.61. The summed E-state index contributed by atoms with van der Waals surface area (Å²) in [6.07, 6.45) is 0.189. The molecule has 0 radical (unpaired) electrons. The van der Waals surface area contributed by atoms with Crippen molar-refractivity contribution in [2.75, 3.05) is 13.2 Å². The highest BCUT2D eigenvalue weighted by Gasteiger charge is 2.18. The van der Waals surface area contributed by atoms with E-state index in [2.05, 4.69) is 0 Å². The van der Waals surface area contributed by atoms with Crippen LogP contribution < -0.4 is 0 Å². The van der Waals surface area contributed by atoms with Crippen LogP contribution in [0.2, 0.25) is 0 Å². The molecule has 0 unspecified atom stereocenters. The van der Waals surface area contributed by atoms with Crippen molar-refractivity contribution in [1.29, 1.82) is 0 Å². The second-order valence-electron chi connectivity index (χ2n) is 4.37. The van der Waals surface area contributed by atoms with Gasteiger partial charge in [-0.3, -0.25) is 4.79 Å². The Hall–Kier alpha value is -1.49. The van der Waals surface area contributed by atoms with Crippen LogP contribution in [0.5, 0.6) is 0 Å². The normalized spacial score (nSPS) is 15.8. The number of Topliss-reactive ketones (excluding diaryl/α,β-unsaturated/α-hetero) is 1. The van der Waals surface area contributed by atoms with E-state index < -0.39 is 0 Å². The molecule has 19 heavy (non-hydrogen) atoms. The topological polar surface area (TPSA) is 35.5 Å². The minimum absolute atomic E-state index is 0.141. The molecule has 1 aliphatic rings. The van der Waals surface area contributed by atoms with E-state index >= 15 is 0 Å². The highest BCUT2D eigenvalue weighted by molar-refractivity contribution is 7.10. The molecule has 0 aliphatic carbocycles. The van der Waals surface area contributed by atoms with Crippen molar-refractivity contribution in [3.8, 4) is 0 Å². The molecule has 1 aromatic heterocycles. The smallest absolute Gasteiger partial charge is 0.184 e. The predicted molar refractivity (Wildman–Crippen MR) is 73.4 cm³/mol. The largest absolute Gasteiger partial charge is 0.346 e. The molecule has 2 heterocycles. The van der Waals surface area contributed by atoms with Gasteiger partial charge in [-0.1, -0.05) is 30.3 Å². The maximum atomic E-state index is 12.1. The molecule has 1 fully saturated rings. The Kier molecular flexibility index (Phi) is 3.73. The quantitative estimate of drug-likeness (QED) is 0.803. The van der Waals surface area contributed by atoms with Crippen molar-refractivity contribution in [2.24, 2.45) is 0 Å². The molecule has 3 rings (SSSR count). The summed E-state index contributed by atoms with van der Waals surface area (Å²) in [5.41, 5.74) is 1.69. The van der Waals surface area contributed by atoms with Gasteiger partial charge in [0.1, 0.15) is 0 Å². The number of benzene rings is 1. The lowest BCUT2D eigenvalue weighted by Crippen LogP contribution is -2.03. The van der Waals surface area contributed by atoms with Gasteiger partial charge < -0.3 is 9.47 Å². The first-order valence-corrected chi connectivity index (χ1v) is 7.09. The van der Waals surface area contributed by atoms with Gasteiger partial charge in [-0.15, -0.1) is 11.3 Å². The van der Waals surface area contributed by atoms with E-state index in [-0.39, 0.29) is 12.1 Å². The van der Waals surface area contributed by atoms with E-state index in [1.54, 1.807) is 11.3 Å². The fourth-order valence-electron chi connectivity index (χ4n) is 2.05. The Morgan fingerprint density at radius 2 is 1.89 bits per heavy atom. The van der Waals surface area contributed by atoms with Crippen molar-refractivity contribution in [1.82, 2.24) is 0 Å². The van der Waals surface area contributed by atoms with Crippen LogP contribution >= 0.6 is 11.3 Å².